The number of carbonyl (C=O) groups excluding carboxylic acids is 5. The highest BCUT2D eigenvalue weighted by Crippen LogP contribution is 2.43. The highest BCUT2D eigenvalue weighted by molar-refractivity contribution is 6.30. The van der Waals surface area contributed by atoms with Gasteiger partial charge in [0.15, 0.2) is 12.2 Å². The van der Waals surface area contributed by atoms with E-state index in [4.69, 9.17) is 21.1 Å². The number of nitrogens with one attached hydrogen (secondary N) is 4. The maximum absolute atomic E-state index is 16.0. The minimum atomic E-state index is -3.72. The monoisotopic (exact) mass is 704 g/mol. The number of amides is 4. The van der Waals surface area contributed by atoms with Crippen molar-refractivity contribution in [3.05, 3.63) is 70.7 Å². The van der Waals surface area contributed by atoms with Crippen molar-refractivity contribution in [3.8, 4) is 0 Å². The van der Waals surface area contributed by atoms with Crippen molar-refractivity contribution in [1.82, 2.24) is 21.3 Å². The molecular formula is C35H43ClF2N4O7. The van der Waals surface area contributed by atoms with E-state index in [1.54, 1.807) is 13.0 Å². The molecule has 2 aromatic rings. The van der Waals surface area contributed by atoms with Crippen LogP contribution in [0, 0.1) is 11.8 Å². The molecule has 0 aromatic heterocycles. The van der Waals surface area contributed by atoms with Crippen LogP contribution in [0.5, 0.6) is 0 Å². The first kappa shape index (κ1) is 37.6. The number of esters is 1. The first-order valence-electron chi connectivity index (χ1n) is 16.6. The van der Waals surface area contributed by atoms with Gasteiger partial charge in [-0.3, -0.25) is 19.2 Å². The van der Waals surface area contributed by atoms with Crippen molar-refractivity contribution in [2.45, 2.75) is 89.0 Å². The van der Waals surface area contributed by atoms with E-state index >= 15 is 8.78 Å². The van der Waals surface area contributed by atoms with E-state index in [1.165, 1.54) is 42.5 Å². The Bertz CT molecular complexity index is 1470. The Labute approximate surface area is 289 Å². The van der Waals surface area contributed by atoms with Gasteiger partial charge < -0.3 is 30.7 Å². The van der Waals surface area contributed by atoms with E-state index in [-0.39, 0.29) is 41.8 Å². The van der Waals surface area contributed by atoms with Gasteiger partial charge in [-0.25, -0.2) is 4.79 Å². The lowest BCUT2D eigenvalue weighted by Crippen LogP contribution is -2.57. The molecule has 4 amide bonds. The molecule has 4 N–H and O–H groups in total. The minimum Gasteiger partial charge on any atom is -0.450 e. The van der Waals surface area contributed by atoms with Crippen molar-refractivity contribution >= 4 is 41.4 Å². The Kier molecular flexibility index (Phi) is 13.3. The summed E-state index contributed by atoms with van der Waals surface area (Å²) in [6.07, 6.45) is -0.817. The van der Waals surface area contributed by atoms with E-state index in [0.717, 1.165) is 38.7 Å². The second-order valence-corrected chi connectivity index (χ2v) is 12.9. The zero-order chi connectivity index (χ0) is 35.6. The molecule has 1 saturated heterocycles. The van der Waals surface area contributed by atoms with E-state index in [2.05, 4.69) is 21.3 Å². The Hall–Kier alpha value is -4.26. The molecule has 1 aliphatic carbocycles. The van der Waals surface area contributed by atoms with Crippen molar-refractivity contribution < 1.29 is 42.2 Å². The molecule has 14 heteroatoms. The van der Waals surface area contributed by atoms with Crippen LogP contribution in [-0.2, 0) is 34.6 Å². The van der Waals surface area contributed by atoms with Crippen LogP contribution >= 0.6 is 11.6 Å². The Morgan fingerprint density at radius 2 is 1.67 bits per heavy atom. The standard InChI is InChI=1S/C35H43ClF2N4O7/c1-3-39-33(46)29(48-21(2)43)27(19-24-16-17-40-31(24)44)41-32(45)28(18-22-10-7-8-11-22)42-34(47)49-30(23-12-5-4-6-13-23)35(37,38)25-14-9-15-26(36)20-25/h4-6,9,12-15,20,22,24,27-30H,3,7-8,10-11,16-19H2,1-2H3,(H,39,46)(H,40,44)(H,41,45)(H,42,47)/t24-,27-,28-,29?,30?/m0/s1. The summed E-state index contributed by atoms with van der Waals surface area (Å²) in [5.41, 5.74) is -0.456. The SMILES string of the molecule is CCNC(=O)C(OC(C)=O)[C@H](C[C@@H]1CCNC1=O)NC(=O)[C@H](CC1CCCC1)NC(=O)OC(c1ccccc1)C(F)(F)c1cccc(Cl)c1. The number of likely N-dealkylation sites (N-methyl/N-ethyl adjacent to an activating group) is 1. The van der Waals surface area contributed by atoms with Crippen LogP contribution in [0.25, 0.3) is 0 Å². The van der Waals surface area contributed by atoms with Gasteiger partial charge in [0, 0.05) is 36.5 Å². The lowest BCUT2D eigenvalue weighted by Gasteiger charge is -2.31. The number of alkyl halides is 2. The van der Waals surface area contributed by atoms with Crippen molar-refractivity contribution in [2.24, 2.45) is 11.8 Å². The van der Waals surface area contributed by atoms with Crippen LogP contribution < -0.4 is 21.3 Å². The summed E-state index contributed by atoms with van der Waals surface area (Å²) in [5.74, 6) is -6.72. The number of benzene rings is 2. The molecule has 49 heavy (non-hydrogen) atoms. The van der Waals surface area contributed by atoms with E-state index in [1.807, 2.05) is 0 Å². The third kappa shape index (κ3) is 10.4. The van der Waals surface area contributed by atoms with Gasteiger partial charge in [0.2, 0.25) is 11.8 Å². The van der Waals surface area contributed by atoms with Crippen LogP contribution in [0.1, 0.15) is 76.0 Å². The number of hydrogen-bond donors (Lipinski definition) is 4. The van der Waals surface area contributed by atoms with Crippen molar-refractivity contribution in [3.63, 3.8) is 0 Å². The molecule has 1 aliphatic heterocycles. The molecule has 2 aromatic carbocycles. The molecule has 0 spiro atoms. The largest absolute Gasteiger partial charge is 0.450 e. The first-order valence-corrected chi connectivity index (χ1v) is 17.0. The summed E-state index contributed by atoms with van der Waals surface area (Å²) >= 11 is 6.01. The summed E-state index contributed by atoms with van der Waals surface area (Å²) in [4.78, 5) is 65.1. The normalized spacial score (nSPS) is 18.8. The van der Waals surface area contributed by atoms with E-state index in [9.17, 15) is 24.0 Å². The topological polar surface area (TPSA) is 152 Å². The third-order valence-corrected chi connectivity index (χ3v) is 9.05. The highest BCUT2D eigenvalue weighted by Gasteiger charge is 2.46. The van der Waals surface area contributed by atoms with Gasteiger partial charge in [-0.1, -0.05) is 79.7 Å². The van der Waals surface area contributed by atoms with Gasteiger partial charge in [0.1, 0.15) is 6.04 Å². The van der Waals surface area contributed by atoms with Crippen LogP contribution in [0.4, 0.5) is 13.6 Å². The number of halogens is 3. The summed E-state index contributed by atoms with van der Waals surface area (Å²) < 4.78 is 42.9. The Morgan fingerprint density at radius 3 is 2.29 bits per heavy atom. The van der Waals surface area contributed by atoms with E-state index in [0.29, 0.717) is 13.0 Å². The predicted octanol–water partition coefficient (Wildman–Crippen LogP) is 4.93. The van der Waals surface area contributed by atoms with Gasteiger partial charge in [-0.2, -0.15) is 8.78 Å². The van der Waals surface area contributed by atoms with Crippen LogP contribution in [0.3, 0.4) is 0 Å². The molecule has 1 saturated carbocycles. The number of carbonyl (C=O) groups is 5. The molecule has 2 unspecified atom stereocenters. The van der Waals surface area contributed by atoms with Gasteiger partial charge >= 0.3 is 18.0 Å². The maximum Gasteiger partial charge on any atom is 0.408 e. The lowest BCUT2D eigenvalue weighted by atomic mass is 9.93. The van der Waals surface area contributed by atoms with Gasteiger partial charge in [-0.15, -0.1) is 0 Å². The molecule has 266 valence electrons. The summed E-state index contributed by atoms with van der Waals surface area (Å²) in [7, 11) is 0. The zero-order valence-electron chi connectivity index (χ0n) is 27.5. The van der Waals surface area contributed by atoms with Crippen molar-refractivity contribution in [2.75, 3.05) is 13.1 Å². The quantitative estimate of drug-likeness (QED) is 0.192. The first-order chi connectivity index (χ1) is 23.4. The fourth-order valence-corrected chi connectivity index (χ4v) is 6.60. The third-order valence-electron chi connectivity index (χ3n) is 8.82. The average molecular weight is 705 g/mol. The highest BCUT2D eigenvalue weighted by atomic mass is 35.5. The maximum atomic E-state index is 16.0. The second-order valence-electron chi connectivity index (χ2n) is 12.5. The van der Waals surface area contributed by atoms with Gasteiger partial charge in [0.05, 0.1) is 6.04 Å². The van der Waals surface area contributed by atoms with Crippen LogP contribution in [0.15, 0.2) is 54.6 Å². The number of hydrogen-bond acceptors (Lipinski definition) is 7. The van der Waals surface area contributed by atoms with Crippen LogP contribution in [0.2, 0.25) is 5.02 Å². The predicted molar refractivity (Wildman–Crippen MR) is 176 cm³/mol. The Balaban J connectivity index is 1.61. The molecule has 4 rings (SSSR count). The molecular weight excluding hydrogens is 662 g/mol. The molecule has 1 heterocycles. The second kappa shape index (κ2) is 17.4. The summed E-state index contributed by atoms with van der Waals surface area (Å²) in [6, 6.07) is 10.2. The Morgan fingerprint density at radius 1 is 0.959 bits per heavy atom. The fourth-order valence-electron chi connectivity index (χ4n) is 6.41. The lowest BCUT2D eigenvalue weighted by molar-refractivity contribution is -0.157. The summed E-state index contributed by atoms with van der Waals surface area (Å²) in [6.45, 7) is 3.41. The molecule has 0 bridgehead atoms. The molecule has 11 nitrogen and oxygen atoms in total. The van der Waals surface area contributed by atoms with Gasteiger partial charge in [-0.05, 0) is 49.8 Å². The molecule has 2 fully saturated rings. The number of rotatable bonds is 15. The molecule has 5 atom stereocenters. The molecule has 0 radical (unpaired) electrons. The number of ether oxygens (including phenoxy) is 2. The minimum absolute atomic E-state index is 0.0143. The van der Waals surface area contributed by atoms with Crippen molar-refractivity contribution in [1.29, 1.82) is 0 Å². The zero-order valence-corrected chi connectivity index (χ0v) is 28.3. The van der Waals surface area contributed by atoms with Crippen LogP contribution in [-0.4, -0.2) is 61.1 Å². The fraction of sp³-hybridized carbons (Fsp3) is 0.514. The van der Waals surface area contributed by atoms with Gasteiger partial charge in [0.25, 0.3) is 5.91 Å². The average Bonchev–Trinajstić information content (AvgIpc) is 3.73. The molecule has 2 aliphatic rings. The number of alkyl carbamates (subject to hydrolysis) is 1. The van der Waals surface area contributed by atoms with E-state index < -0.39 is 65.6 Å². The summed E-state index contributed by atoms with van der Waals surface area (Å²) in [5, 5.41) is 10.6. The smallest absolute Gasteiger partial charge is 0.408 e.